The first kappa shape index (κ1) is 12.9. The highest BCUT2D eigenvalue weighted by atomic mass is 79.9. The highest BCUT2D eigenvalue weighted by molar-refractivity contribution is 9.10. The number of hydrogen-bond donors (Lipinski definition) is 2. The van der Waals surface area contributed by atoms with Gasteiger partial charge in [0.2, 0.25) is 0 Å². The number of methoxy groups -OCH3 is 1. The number of halogens is 2. The molecule has 0 saturated carbocycles. The summed E-state index contributed by atoms with van der Waals surface area (Å²) in [6, 6.07) is 1.66. The average Bonchev–Trinajstić information content (AvgIpc) is 2.23. The van der Waals surface area contributed by atoms with Gasteiger partial charge in [-0.05, 0) is 27.6 Å². The fourth-order valence-electron chi connectivity index (χ4n) is 1.28. The van der Waals surface area contributed by atoms with Crippen LogP contribution in [0.3, 0.4) is 0 Å². The Kier molecular flexibility index (Phi) is 4.26. The van der Waals surface area contributed by atoms with Crippen LogP contribution in [0.15, 0.2) is 16.6 Å². The molecule has 1 rings (SSSR count). The molecule has 0 fully saturated rings. The molecule has 0 aromatic heterocycles. The lowest BCUT2D eigenvalue weighted by molar-refractivity contribution is -0.138. The first-order chi connectivity index (χ1) is 7.47. The van der Waals surface area contributed by atoms with Gasteiger partial charge in [0, 0.05) is 6.42 Å². The number of carboxylic acids is 1. The molecule has 1 atom stereocenters. The summed E-state index contributed by atoms with van der Waals surface area (Å²) < 4.78 is 18.3. The van der Waals surface area contributed by atoms with Crippen molar-refractivity contribution in [3.05, 3.63) is 28.0 Å². The van der Waals surface area contributed by atoms with Crippen LogP contribution in [-0.4, -0.2) is 24.2 Å². The van der Waals surface area contributed by atoms with E-state index in [2.05, 4.69) is 15.9 Å². The Morgan fingerprint density at radius 3 is 2.81 bits per heavy atom. The van der Waals surface area contributed by atoms with E-state index in [0.717, 1.165) is 0 Å². The molecule has 0 heterocycles. The summed E-state index contributed by atoms with van der Waals surface area (Å²) >= 11 is 3.03. The molecule has 0 radical (unpaired) electrons. The monoisotopic (exact) mass is 291 g/mol. The normalized spacial score (nSPS) is 12.2. The molecular formula is C10H11BrFNO3. The van der Waals surface area contributed by atoms with Crippen molar-refractivity contribution in [2.45, 2.75) is 12.5 Å². The minimum Gasteiger partial charge on any atom is -0.495 e. The van der Waals surface area contributed by atoms with Crippen LogP contribution in [0, 0.1) is 5.82 Å². The van der Waals surface area contributed by atoms with Gasteiger partial charge in [-0.25, -0.2) is 4.39 Å². The van der Waals surface area contributed by atoms with E-state index >= 15 is 0 Å². The zero-order valence-electron chi connectivity index (χ0n) is 8.54. The summed E-state index contributed by atoms with van der Waals surface area (Å²) in [6.45, 7) is 0. The Morgan fingerprint density at radius 2 is 2.31 bits per heavy atom. The topological polar surface area (TPSA) is 72.5 Å². The summed E-state index contributed by atoms with van der Waals surface area (Å²) in [4.78, 5) is 10.6. The van der Waals surface area contributed by atoms with Gasteiger partial charge in [0.1, 0.15) is 17.6 Å². The Labute approximate surface area is 100 Å². The van der Waals surface area contributed by atoms with Crippen molar-refractivity contribution in [3.63, 3.8) is 0 Å². The van der Waals surface area contributed by atoms with Crippen LogP contribution in [-0.2, 0) is 11.2 Å². The molecule has 0 aliphatic carbocycles. The molecular weight excluding hydrogens is 281 g/mol. The van der Waals surface area contributed by atoms with Crippen molar-refractivity contribution in [2.75, 3.05) is 7.11 Å². The maximum atomic E-state index is 13.2. The number of carboxylic acid groups (broad SMARTS) is 1. The highest BCUT2D eigenvalue weighted by Crippen LogP contribution is 2.32. The van der Waals surface area contributed by atoms with Crippen LogP contribution in [0.4, 0.5) is 4.39 Å². The maximum Gasteiger partial charge on any atom is 0.320 e. The van der Waals surface area contributed by atoms with E-state index in [1.54, 1.807) is 0 Å². The van der Waals surface area contributed by atoms with Gasteiger partial charge in [0.25, 0.3) is 0 Å². The summed E-state index contributed by atoms with van der Waals surface area (Å²) in [5, 5.41) is 8.68. The summed E-state index contributed by atoms with van der Waals surface area (Å²) in [5.74, 6) is -1.30. The lowest BCUT2D eigenvalue weighted by Crippen LogP contribution is -2.32. The van der Waals surface area contributed by atoms with Crippen molar-refractivity contribution >= 4 is 21.9 Å². The second-order valence-electron chi connectivity index (χ2n) is 3.20. The predicted octanol–water partition coefficient (Wildman–Crippen LogP) is 1.55. The summed E-state index contributed by atoms with van der Waals surface area (Å²) in [7, 11) is 1.38. The molecule has 0 aliphatic rings. The highest BCUT2D eigenvalue weighted by Gasteiger charge is 2.18. The van der Waals surface area contributed by atoms with Crippen molar-refractivity contribution in [2.24, 2.45) is 5.73 Å². The van der Waals surface area contributed by atoms with Crippen molar-refractivity contribution in [1.29, 1.82) is 0 Å². The molecule has 3 N–H and O–H groups in total. The Hall–Kier alpha value is -1.14. The number of rotatable bonds is 4. The predicted molar refractivity (Wildman–Crippen MR) is 60.0 cm³/mol. The first-order valence-electron chi connectivity index (χ1n) is 4.46. The van der Waals surface area contributed by atoms with Crippen LogP contribution < -0.4 is 10.5 Å². The molecule has 1 aromatic rings. The standard InChI is InChI=1S/C10H11BrFNO3/c1-16-9-5(4-7(13)10(14)15)2-3-6(12)8(9)11/h2-3,7H,4,13H2,1H3,(H,14,15). The lowest BCUT2D eigenvalue weighted by atomic mass is 10.1. The average molecular weight is 292 g/mol. The molecule has 1 aromatic carbocycles. The molecule has 4 nitrogen and oxygen atoms in total. The molecule has 88 valence electrons. The molecule has 16 heavy (non-hydrogen) atoms. The minimum atomic E-state index is -1.11. The van der Waals surface area contributed by atoms with Crippen molar-refractivity contribution in [1.82, 2.24) is 0 Å². The summed E-state index contributed by atoms with van der Waals surface area (Å²) in [5.41, 5.74) is 5.94. The number of ether oxygens (including phenoxy) is 1. The van der Waals surface area contributed by atoms with Crippen molar-refractivity contribution in [3.8, 4) is 5.75 Å². The largest absolute Gasteiger partial charge is 0.495 e. The van der Waals surface area contributed by atoms with Gasteiger partial charge in [0.05, 0.1) is 11.6 Å². The molecule has 0 spiro atoms. The van der Waals surface area contributed by atoms with E-state index in [0.29, 0.717) is 5.56 Å². The van der Waals surface area contributed by atoms with Gasteiger partial charge < -0.3 is 15.6 Å². The fraction of sp³-hybridized carbons (Fsp3) is 0.300. The van der Waals surface area contributed by atoms with Crippen LogP contribution >= 0.6 is 15.9 Å². The van der Waals surface area contributed by atoms with E-state index in [4.69, 9.17) is 15.6 Å². The van der Waals surface area contributed by atoms with E-state index in [1.165, 1.54) is 19.2 Å². The smallest absolute Gasteiger partial charge is 0.320 e. The van der Waals surface area contributed by atoms with E-state index in [-0.39, 0.29) is 16.6 Å². The second kappa shape index (κ2) is 5.27. The van der Waals surface area contributed by atoms with Crippen LogP contribution in [0.25, 0.3) is 0 Å². The van der Waals surface area contributed by atoms with Gasteiger partial charge in [-0.15, -0.1) is 0 Å². The second-order valence-corrected chi connectivity index (χ2v) is 4.00. The third-order valence-corrected chi connectivity index (χ3v) is 2.83. The SMILES string of the molecule is COc1c(CC(N)C(=O)O)ccc(F)c1Br. The van der Waals surface area contributed by atoms with Gasteiger partial charge in [0.15, 0.2) is 0 Å². The molecule has 0 amide bonds. The molecule has 0 bridgehead atoms. The van der Waals surface area contributed by atoms with E-state index in [1.807, 2.05) is 0 Å². The molecule has 0 saturated heterocycles. The zero-order chi connectivity index (χ0) is 12.3. The number of carbonyl (C=O) groups is 1. The van der Waals surface area contributed by atoms with Gasteiger partial charge in [-0.3, -0.25) is 4.79 Å². The van der Waals surface area contributed by atoms with Crippen LogP contribution in [0.2, 0.25) is 0 Å². The fourth-order valence-corrected chi connectivity index (χ4v) is 1.83. The molecule has 1 unspecified atom stereocenters. The van der Waals surface area contributed by atoms with Gasteiger partial charge in [-0.1, -0.05) is 6.07 Å². The van der Waals surface area contributed by atoms with Gasteiger partial charge >= 0.3 is 5.97 Å². The number of aliphatic carboxylic acids is 1. The number of nitrogens with two attached hydrogens (primary N) is 1. The number of benzene rings is 1. The number of hydrogen-bond acceptors (Lipinski definition) is 3. The molecule has 6 heteroatoms. The third kappa shape index (κ3) is 2.70. The zero-order valence-corrected chi connectivity index (χ0v) is 10.1. The first-order valence-corrected chi connectivity index (χ1v) is 5.26. The van der Waals surface area contributed by atoms with E-state index < -0.39 is 17.8 Å². The van der Waals surface area contributed by atoms with Gasteiger partial charge in [-0.2, -0.15) is 0 Å². The minimum absolute atomic E-state index is 0.0807. The lowest BCUT2D eigenvalue weighted by Gasteiger charge is -2.12. The Morgan fingerprint density at radius 1 is 1.69 bits per heavy atom. The molecule has 0 aliphatic heterocycles. The van der Waals surface area contributed by atoms with E-state index in [9.17, 15) is 9.18 Å². The Bertz CT molecular complexity index is 411. The maximum absolute atomic E-state index is 13.2. The van der Waals surface area contributed by atoms with Crippen LogP contribution in [0.1, 0.15) is 5.56 Å². The quantitative estimate of drug-likeness (QED) is 0.883. The summed E-state index contributed by atoms with van der Waals surface area (Å²) in [6.07, 6.45) is 0.0807. The van der Waals surface area contributed by atoms with Crippen molar-refractivity contribution < 1.29 is 19.0 Å². The van der Waals surface area contributed by atoms with Crippen LogP contribution in [0.5, 0.6) is 5.75 Å². The third-order valence-electron chi connectivity index (χ3n) is 2.09. The Balaban J connectivity index is 3.05.